The maximum Gasteiger partial charge on any atom is 0.573 e. The average molecular weight is 469 g/mol. The molecule has 2 heterocycles. The predicted octanol–water partition coefficient (Wildman–Crippen LogP) is 5.75. The number of benzene rings is 2. The number of carbonyl (C=O) groups excluding carboxylic acids is 1. The molecule has 0 aliphatic carbocycles. The van der Waals surface area contributed by atoms with Crippen molar-refractivity contribution in [2.75, 3.05) is 0 Å². The smallest absolute Gasteiger partial charge is 0.406 e. The number of alkyl halides is 6. The highest BCUT2D eigenvalue weighted by Crippen LogP contribution is 2.39. The van der Waals surface area contributed by atoms with Crippen molar-refractivity contribution in [3.8, 4) is 11.4 Å². The predicted molar refractivity (Wildman–Crippen MR) is 105 cm³/mol. The van der Waals surface area contributed by atoms with E-state index in [-0.39, 0.29) is 17.2 Å². The first-order chi connectivity index (χ1) is 15.3. The summed E-state index contributed by atoms with van der Waals surface area (Å²) in [7, 11) is 0. The second-order valence-electron chi connectivity index (χ2n) is 7.79. The molecule has 0 saturated heterocycles. The Hall–Kier alpha value is -3.50. The van der Waals surface area contributed by atoms with Gasteiger partial charge in [-0.3, -0.25) is 4.79 Å². The molecule has 0 radical (unpaired) electrons. The molecule has 0 bridgehead atoms. The monoisotopic (exact) mass is 469 g/mol. The Morgan fingerprint density at radius 1 is 1.03 bits per heavy atom. The van der Waals surface area contributed by atoms with E-state index in [0.29, 0.717) is 16.9 Å². The molecule has 33 heavy (non-hydrogen) atoms. The fourth-order valence-corrected chi connectivity index (χ4v) is 3.77. The van der Waals surface area contributed by atoms with Crippen LogP contribution in [0.3, 0.4) is 0 Å². The normalized spacial score (nSPS) is 16.2. The molecule has 4 rings (SSSR count). The highest BCUT2D eigenvalue weighted by atomic mass is 19.4. The third-order valence-electron chi connectivity index (χ3n) is 5.14. The lowest BCUT2D eigenvalue weighted by atomic mass is 9.94. The van der Waals surface area contributed by atoms with Crippen molar-refractivity contribution in [3.63, 3.8) is 0 Å². The van der Waals surface area contributed by atoms with E-state index >= 15 is 0 Å². The lowest BCUT2D eigenvalue weighted by Crippen LogP contribution is -2.23. The van der Waals surface area contributed by atoms with Crippen LogP contribution < -0.4 is 10.1 Å². The third-order valence-corrected chi connectivity index (χ3v) is 5.14. The lowest BCUT2D eigenvalue weighted by molar-refractivity contribution is -0.274. The van der Waals surface area contributed by atoms with Gasteiger partial charge in [-0.2, -0.15) is 18.3 Å². The summed E-state index contributed by atoms with van der Waals surface area (Å²) in [5, 5.41) is 7.18. The van der Waals surface area contributed by atoms with Gasteiger partial charge in [-0.1, -0.05) is 26.0 Å². The molecule has 1 aliphatic heterocycles. The molecule has 11 heteroatoms. The second kappa shape index (κ2) is 7.82. The minimum atomic E-state index is -4.85. The summed E-state index contributed by atoms with van der Waals surface area (Å²) >= 11 is 0. The highest BCUT2D eigenvalue weighted by Gasteiger charge is 2.40. The van der Waals surface area contributed by atoms with Crippen LogP contribution in [-0.4, -0.2) is 22.1 Å². The molecule has 0 fully saturated rings. The van der Waals surface area contributed by atoms with E-state index in [0.717, 1.165) is 24.3 Å². The van der Waals surface area contributed by atoms with Crippen LogP contribution in [0.1, 0.15) is 58.7 Å². The van der Waals surface area contributed by atoms with E-state index in [9.17, 15) is 31.1 Å². The van der Waals surface area contributed by atoms with Crippen LogP contribution in [0, 0.1) is 0 Å². The van der Waals surface area contributed by atoms with Crippen LogP contribution in [-0.2, 0) is 6.18 Å². The molecule has 0 saturated carbocycles. The minimum Gasteiger partial charge on any atom is -0.406 e. The first kappa shape index (κ1) is 22.7. The number of hydrogen-bond donors (Lipinski definition) is 1. The fraction of sp³-hybridized carbons (Fsp3) is 0.273. The first-order valence-electron chi connectivity index (χ1n) is 9.82. The molecule has 1 aliphatic rings. The Morgan fingerprint density at radius 3 is 2.27 bits per heavy atom. The largest absolute Gasteiger partial charge is 0.573 e. The van der Waals surface area contributed by atoms with E-state index < -0.39 is 35.8 Å². The van der Waals surface area contributed by atoms with Crippen molar-refractivity contribution in [1.82, 2.24) is 15.1 Å². The number of carbonyl (C=O) groups is 1. The van der Waals surface area contributed by atoms with Crippen molar-refractivity contribution in [1.29, 1.82) is 0 Å². The number of ether oxygens (including phenoxy) is 1. The van der Waals surface area contributed by atoms with Gasteiger partial charge >= 0.3 is 12.5 Å². The van der Waals surface area contributed by atoms with Gasteiger partial charge in [-0.05, 0) is 47.9 Å². The van der Waals surface area contributed by atoms with Crippen molar-refractivity contribution < 1.29 is 35.9 Å². The van der Waals surface area contributed by atoms with Gasteiger partial charge in [0.2, 0.25) is 0 Å². The molecule has 1 unspecified atom stereocenters. The van der Waals surface area contributed by atoms with Gasteiger partial charge in [-0.15, -0.1) is 13.2 Å². The van der Waals surface area contributed by atoms with Gasteiger partial charge in [-0.25, -0.2) is 4.68 Å². The summed E-state index contributed by atoms with van der Waals surface area (Å²) in [5.74, 6) is -1.18. The molecule has 1 amide bonds. The number of nitrogens with zero attached hydrogens (tertiary/aromatic N) is 2. The number of fused-ring (bicyclic) bond motifs is 1. The fourth-order valence-electron chi connectivity index (χ4n) is 3.77. The van der Waals surface area contributed by atoms with Crippen molar-refractivity contribution in [3.05, 3.63) is 76.6 Å². The van der Waals surface area contributed by atoms with Gasteiger partial charge in [0.15, 0.2) is 0 Å². The Balaban J connectivity index is 1.79. The Labute approximate surface area is 184 Å². The number of aromatic nitrogens is 2. The number of rotatable bonds is 4. The van der Waals surface area contributed by atoms with E-state index in [2.05, 4.69) is 15.2 Å². The van der Waals surface area contributed by atoms with Crippen LogP contribution in [0.5, 0.6) is 5.75 Å². The lowest BCUT2D eigenvalue weighted by Gasteiger charge is -2.16. The van der Waals surface area contributed by atoms with Gasteiger partial charge in [0, 0.05) is 5.56 Å². The Kier molecular flexibility index (Phi) is 5.38. The molecule has 2 aromatic carbocycles. The molecule has 1 atom stereocenters. The maximum absolute atomic E-state index is 13.2. The van der Waals surface area contributed by atoms with Gasteiger partial charge < -0.3 is 10.1 Å². The summed E-state index contributed by atoms with van der Waals surface area (Å²) < 4.78 is 82.1. The standard InChI is InChI=1S/C22H17F6N3O2/c1-11(2)17-16-18(12-4-3-5-13(10-12)21(23,24)25)29-20(32)19(16)31(30-17)14-6-8-15(9-7-14)33-22(26,27)28/h3-11,18H,1-2H3,(H,29,32). The van der Waals surface area contributed by atoms with Gasteiger partial charge in [0.05, 0.1) is 23.0 Å². The Bertz CT molecular complexity index is 1200. The highest BCUT2D eigenvalue weighted by molar-refractivity contribution is 5.99. The van der Waals surface area contributed by atoms with Crippen LogP contribution in [0.2, 0.25) is 0 Å². The van der Waals surface area contributed by atoms with E-state index in [1.807, 2.05) is 13.8 Å². The number of halogens is 6. The molecular formula is C22H17F6N3O2. The average Bonchev–Trinajstić information content (AvgIpc) is 3.26. The van der Waals surface area contributed by atoms with Crippen LogP contribution >= 0.6 is 0 Å². The zero-order valence-corrected chi connectivity index (χ0v) is 17.3. The summed E-state index contributed by atoms with van der Waals surface area (Å²) in [4.78, 5) is 12.8. The van der Waals surface area contributed by atoms with Gasteiger partial charge in [0.25, 0.3) is 5.91 Å². The molecular weight excluding hydrogens is 452 g/mol. The zero-order chi connectivity index (χ0) is 24.1. The molecule has 1 N–H and O–H groups in total. The van der Waals surface area contributed by atoms with E-state index in [1.165, 1.54) is 28.9 Å². The molecule has 0 spiro atoms. The maximum atomic E-state index is 13.2. The zero-order valence-electron chi connectivity index (χ0n) is 17.3. The Morgan fingerprint density at radius 2 is 1.70 bits per heavy atom. The van der Waals surface area contributed by atoms with Crippen molar-refractivity contribution >= 4 is 5.91 Å². The van der Waals surface area contributed by atoms with Crippen molar-refractivity contribution in [2.24, 2.45) is 0 Å². The van der Waals surface area contributed by atoms with Crippen LogP contribution in [0.15, 0.2) is 48.5 Å². The number of nitrogens with one attached hydrogen (secondary N) is 1. The molecule has 1 aromatic heterocycles. The van der Waals surface area contributed by atoms with Crippen molar-refractivity contribution in [2.45, 2.75) is 38.3 Å². The third kappa shape index (κ3) is 4.39. The molecule has 5 nitrogen and oxygen atoms in total. The van der Waals surface area contributed by atoms with Crippen LogP contribution in [0.25, 0.3) is 5.69 Å². The molecule has 174 valence electrons. The second-order valence-corrected chi connectivity index (χ2v) is 7.79. The summed E-state index contributed by atoms with van der Waals surface area (Å²) in [6.45, 7) is 3.64. The number of amides is 1. The molecule has 3 aromatic rings. The van der Waals surface area contributed by atoms with E-state index in [4.69, 9.17) is 0 Å². The van der Waals surface area contributed by atoms with Crippen LogP contribution in [0.4, 0.5) is 26.3 Å². The van der Waals surface area contributed by atoms with E-state index in [1.54, 1.807) is 0 Å². The SMILES string of the molecule is CC(C)c1nn(-c2ccc(OC(F)(F)F)cc2)c2c1C(c1cccc(C(F)(F)F)c1)NC2=O. The minimum absolute atomic E-state index is 0.116. The summed E-state index contributed by atoms with van der Waals surface area (Å²) in [5.41, 5.74) is 0.734. The van der Waals surface area contributed by atoms with Gasteiger partial charge in [0.1, 0.15) is 11.4 Å². The topological polar surface area (TPSA) is 56.1 Å². The quantitative estimate of drug-likeness (QED) is 0.496. The summed E-state index contributed by atoms with van der Waals surface area (Å²) in [6.07, 6.45) is -9.40. The number of hydrogen-bond acceptors (Lipinski definition) is 3. The summed E-state index contributed by atoms with van der Waals surface area (Å²) in [6, 6.07) is 8.61. The first-order valence-corrected chi connectivity index (χ1v) is 9.82.